The van der Waals surface area contributed by atoms with Gasteiger partial charge in [0.05, 0.1) is 6.20 Å². The summed E-state index contributed by atoms with van der Waals surface area (Å²) in [5.41, 5.74) is 3.24. The lowest BCUT2D eigenvalue weighted by Crippen LogP contribution is -2.25. The maximum Gasteiger partial charge on any atom is 0.312 e. The molecule has 2 N–H and O–H groups in total. The fraction of sp³-hybridized carbons (Fsp3) is 0.333. The van der Waals surface area contributed by atoms with Crippen molar-refractivity contribution < 1.29 is 14.7 Å². The van der Waals surface area contributed by atoms with Crippen molar-refractivity contribution in [2.45, 2.75) is 26.8 Å². The fourth-order valence-corrected chi connectivity index (χ4v) is 1.83. The summed E-state index contributed by atoms with van der Waals surface area (Å²) < 4.78 is 1.69. The van der Waals surface area contributed by atoms with Gasteiger partial charge in [-0.2, -0.15) is 5.10 Å². The van der Waals surface area contributed by atoms with Crippen molar-refractivity contribution in [1.82, 2.24) is 19.9 Å². The lowest BCUT2D eigenvalue weighted by molar-refractivity contribution is -0.140. The van der Waals surface area contributed by atoms with Crippen LogP contribution in [0.25, 0.3) is 5.65 Å². The summed E-state index contributed by atoms with van der Waals surface area (Å²) in [7, 11) is 0. The molecule has 0 fully saturated rings. The monoisotopic (exact) mass is 262 g/mol. The average Bonchev–Trinajstić information content (AvgIpc) is 2.68. The lowest BCUT2D eigenvalue weighted by atomic mass is 10.3. The van der Waals surface area contributed by atoms with Crippen molar-refractivity contribution in [2.75, 3.05) is 0 Å². The maximum atomic E-state index is 11.3. The van der Waals surface area contributed by atoms with Gasteiger partial charge in [-0.1, -0.05) is 0 Å². The number of fused-ring (bicyclic) bond motifs is 1. The molecule has 7 nitrogen and oxygen atoms in total. The minimum absolute atomic E-state index is 0.214. The van der Waals surface area contributed by atoms with Gasteiger partial charge in [-0.05, 0) is 19.9 Å². The third-order valence-electron chi connectivity index (χ3n) is 2.64. The van der Waals surface area contributed by atoms with Gasteiger partial charge in [0.2, 0.25) is 5.91 Å². The van der Waals surface area contributed by atoms with Crippen molar-refractivity contribution in [1.29, 1.82) is 0 Å². The van der Waals surface area contributed by atoms with E-state index in [1.807, 2.05) is 19.9 Å². The van der Waals surface area contributed by atoms with Gasteiger partial charge in [0.25, 0.3) is 0 Å². The van der Waals surface area contributed by atoms with Gasteiger partial charge in [0, 0.05) is 23.5 Å². The Kier molecular flexibility index (Phi) is 3.46. The number of aryl methyl sites for hydroxylation is 2. The number of hydrogen-bond donors (Lipinski definition) is 2. The van der Waals surface area contributed by atoms with E-state index in [1.165, 1.54) is 0 Å². The summed E-state index contributed by atoms with van der Waals surface area (Å²) in [6.45, 7) is 4.01. The van der Waals surface area contributed by atoms with Crippen LogP contribution in [0.5, 0.6) is 0 Å². The summed E-state index contributed by atoms with van der Waals surface area (Å²) in [4.78, 5) is 26.0. The molecule has 0 aliphatic carbocycles. The molecule has 0 bridgehead atoms. The zero-order valence-electron chi connectivity index (χ0n) is 10.7. The van der Waals surface area contributed by atoms with Gasteiger partial charge in [-0.15, -0.1) is 0 Å². The van der Waals surface area contributed by atoms with Crippen LogP contribution >= 0.6 is 0 Å². The Balaban J connectivity index is 2.18. The number of nitrogens with one attached hydrogen (secondary N) is 1. The van der Waals surface area contributed by atoms with E-state index in [0.717, 1.165) is 17.0 Å². The largest absolute Gasteiger partial charge is 0.481 e. The summed E-state index contributed by atoms with van der Waals surface area (Å²) in [6.07, 6.45) is 1.08. The molecule has 0 spiro atoms. The molecule has 0 saturated carbocycles. The zero-order chi connectivity index (χ0) is 14.0. The summed E-state index contributed by atoms with van der Waals surface area (Å²) in [5, 5.41) is 15.2. The second-order valence-electron chi connectivity index (χ2n) is 4.29. The van der Waals surface area contributed by atoms with Gasteiger partial charge in [0.1, 0.15) is 6.42 Å². The molecule has 2 aromatic rings. The smallest absolute Gasteiger partial charge is 0.312 e. The van der Waals surface area contributed by atoms with Crippen molar-refractivity contribution in [2.24, 2.45) is 0 Å². The molecular formula is C12H14N4O3. The maximum absolute atomic E-state index is 11.3. The topological polar surface area (TPSA) is 96.6 Å². The molecule has 7 heteroatoms. The minimum Gasteiger partial charge on any atom is -0.481 e. The van der Waals surface area contributed by atoms with E-state index >= 15 is 0 Å². The fourth-order valence-electron chi connectivity index (χ4n) is 1.83. The Morgan fingerprint density at radius 1 is 1.42 bits per heavy atom. The molecule has 2 heterocycles. The molecule has 0 unspecified atom stereocenters. The Bertz CT molecular complexity index is 648. The summed E-state index contributed by atoms with van der Waals surface area (Å²) in [6, 6.07) is 1.91. The molecule has 2 rings (SSSR count). The summed E-state index contributed by atoms with van der Waals surface area (Å²) in [5.74, 6) is -1.68. The Hall–Kier alpha value is -2.44. The van der Waals surface area contributed by atoms with Crippen LogP contribution in [-0.4, -0.2) is 31.6 Å². The first-order valence-corrected chi connectivity index (χ1v) is 5.76. The van der Waals surface area contributed by atoms with E-state index in [9.17, 15) is 9.59 Å². The van der Waals surface area contributed by atoms with Crippen LogP contribution in [0.4, 0.5) is 0 Å². The van der Waals surface area contributed by atoms with Crippen molar-refractivity contribution in [3.05, 3.63) is 29.2 Å². The molecule has 0 saturated heterocycles. The van der Waals surface area contributed by atoms with E-state index in [0.29, 0.717) is 5.65 Å². The molecule has 100 valence electrons. The van der Waals surface area contributed by atoms with E-state index < -0.39 is 18.3 Å². The molecule has 2 aromatic heterocycles. The Morgan fingerprint density at radius 3 is 2.84 bits per heavy atom. The minimum atomic E-state index is -1.15. The molecule has 0 aliphatic heterocycles. The van der Waals surface area contributed by atoms with Gasteiger partial charge >= 0.3 is 5.97 Å². The first-order chi connectivity index (χ1) is 8.97. The van der Waals surface area contributed by atoms with E-state index in [1.54, 1.807) is 10.7 Å². The number of carboxylic acid groups (broad SMARTS) is 1. The van der Waals surface area contributed by atoms with Crippen LogP contribution in [0.3, 0.4) is 0 Å². The molecule has 0 aromatic carbocycles. The van der Waals surface area contributed by atoms with E-state index in [-0.39, 0.29) is 6.54 Å². The van der Waals surface area contributed by atoms with Crippen LogP contribution < -0.4 is 5.32 Å². The quantitative estimate of drug-likeness (QED) is 0.779. The third-order valence-corrected chi connectivity index (χ3v) is 2.64. The highest BCUT2D eigenvalue weighted by atomic mass is 16.4. The van der Waals surface area contributed by atoms with Crippen LogP contribution in [0, 0.1) is 13.8 Å². The molecule has 0 aliphatic rings. The molecule has 0 radical (unpaired) electrons. The molecular weight excluding hydrogens is 248 g/mol. The highest BCUT2D eigenvalue weighted by Gasteiger charge is 2.11. The van der Waals surface area contributed by atoms with Gasteiger partial charge in [-0.25, -0.2) is 9.50 Å². The number of rotatable bonds is 4. The number of aliphatic carboxylic acids is 1. The number of carboxylic acids is 1. The number of amides is 1. The van der Waals surface area contributed by atoms with Gasteiger partial charge < -0.3 is 10.4 Å². The second kappa shape index (κ2) is 5.05. The predicted octanol–water partition coefficient (Wildman–Crippen LogP) is 0.437. The van der Waals surface area contributed by atoms with Crippen LogP contribution in [0.2, 0.25) is 0 Å². The van der Waals surface area contributed by atoms with Crippen LogP contribution in [-0.2, 0) is 16.1 Å². The third kappa shape index (κ3) is 2.87. The van der Waals surface area contributed by atoms with Crippen LogP contribution in [0.15, 0.2) is 12.3 Å². The number of carbonyl (C=O) groups is 2. The average molecular weight is 262 g/mol. The van der Waals surface area contributed by atoms with Crippen molar-refractivity contribution >= 4 is 17.5 Å². The highest BCUT2D eigenvalue weighted by molar-refractivity contribution is 5.93. The lowest BCUT2D eigenvalue weighted by Gasteiger charge is -2.04. The number of carbonyl (C=O) groups excluding carboxylic acids is 1. The highest BCUT2D eigenvalue weighted by Crippen LogP contribution is 2.11. The number of nitrogens with zero attached hydrogens (tertiary/aromatic N) is 3. The zero-order valence-corrected chi connectivity index (χ0v) is 10.7. The standard InChI is InChI=1S/C12H14N4O3/c1-7-3-8(2)16-12(15-7)9(6-14-16)5-13-10(17)4-11(18)19/h3,6H,4-5H2,1-2H3,(H,13,17)(H,18,19). The normalized spacial score (nSPS) is 10.6. The first kappa shape index (κ1) is 13.0. The predicted molar refractivity (Wildman–Crippen MR) is 66.6 cm³/mol. The number of aromatic nitrogens is 3. The molecule has 19 heavy (non-hydrogen) atoms. The SMILES string of the molecule is Cc1cc(C)n2ncc(CNC(=O)CC(=O)O)c2n1. The Labute approximate surface area is 109 Å². The van der Waals surface area contributed by atoms with E-state index in [2.05, 4.69) is 15.4 Å². The van der Waals surface area contributed by atoms with Crippen molar-refractivity contribution in [3.8, 4) is 0 Å². The van der Waals surface area contributed by atoms with E-state index in [4.69, 9.17) is 5.11 Å². The molecule has 1 amide bonds. The van der Waals surface area contributed by atoms with Crippen LogP contribution in [0.1, 0.15) is 23.4 Å². The first-order valence-electron chi connectivity index (χ1n) is 5.76. The van der Waals surface area contributed by atoms with Gasteiger partial charge in [-0.3, -0.25) is 9.59 Å². The Morgan fingerprint density at radius 2 is 2.16 bits per heavy atom. The van der Waals surface area contributed by atoms with Crippen molar-refractivity contribution in [3.63, 3.8) is 0 Å². The molecule has 0 atom stereocenters. The second-order valence-corrected chi connectivity index (χ2v) is 4.29. The summed E-state index contributed by atoms with van der Waals surface area (Å²) >= 11 is 0. The number of hydrogen-bond acceptors (Lipinski definition) is 4. The van der Waals surface area contributed by atoms with Gasteiger partial charge in [0.15, 0.2) is 5.65 Å².